The van der Waals surface area contributed by atoms with Crippen LogP contribution in [0.5, 0.6) is 11.5 Å². The van der Waals surface area contributed by atoms with Gasteiger partial charge in [0.25, 0.3) is 0 Å². The van der Waals surface area contributed by atoms with Crippen molar-refractivity contribution in [2.75, 3.05) is 31.7 Å². The molecule has 2 aromatic rings. The molecule has 0 aliphatic carbocycles. The third kappa shape index (κ3) is 5.80. The molecule has 0 aliphatic rings. The van der Waals surface area contributed by atoms with Gasteiger partial charge in [-0.25, -0.2) is 0 Å². The second-order valence-corrected chi connectivity index (χ2v) is 5.59. The molecule has 0 spiro atoms. The molecule has 8 heteroatoms. The van der Waals surface area contributed by atoms with E-state index in [-0.39, 0.29) is 24.8 Å². The zero-order valence-corrected chi connectivity index (χ0v) is 15.2. The molecule has 1 aromatic heterocycles. The number of amides is 2. The number of hydrogen-bond donors (Lipinski definition) is 1. The summed E-state index contributed by atoms with van der Waals surface area (Å²) in [6.07, 6.45) is 0.161. The van der Waals surface area contributed by atoms with Crippen LogP contribution in [0.25, 0.3) is 0 Å². The molecule has 1 N–H and O–H groups in total. The van der Waals surface area contributed by atoms with Crippen LogP contribution in [0.3, 0.4) is 0 Å². The summed E-state index contributed by atoms with van der Waals surface area (Å²) < 4.78 is 15.6. The van der Waals surface area contributed by atoms with Crippen molar-refractivity contribution in [2.24, 2.45) is 0 Å². The van der Waals surface area contributed by atoms with Gasteiger partial charge in [-0.05, 0) is 31.2 Å². The Morgan fingerprint density at radius 2 is 1.92 bits per heavy atom. The Bertz CT molecular complexity index is 727. The first-order chi connectivity index (χ1) is 12.5. The van der Waals surface area contributed by atoms with Crippen molar-refractivity contribution in [3.8, 4) is 11.5 Å². The van der Waals surface area contributed by atoms with Crippen LogP contribution < -0.4 is 19.7 Å². The molecule has 0 bridgehead atoms. The molecule has 0 saturated carbocycles. The fourth-order valence-corrected chi connectivity index (χ4v) is 2.25. The third-order valence-electron chi connectivity index (χ3n) is 3.59. The molecule has 140 valence electrons. The van der Waals surface area contributed by atoms with Gasteiger partial charge in [0, 0.05) is 26.0 Å². The predicted octanol–water partition coefficient (Wildman–Crippen LogP) is 1.93. The molecule has 0 saturated heterocycles. The number of hydrogen-bond acceptors (Lipinski definition) is 6. The van der Waals surface area contributed by atoms with E-state index in [0.29, 0.717) is 30.5 Å². The molecule has 0 radical (unpaired) electrons. The Morgan fingerprint density at radius 3 is 2.50 bits per heavy atom. The summed E-state index contributed by atoms with van der Waals surface area (Å²) in [6.45, 7) is 4.10. The zero-order chi connectivity index (χ0) is 18.9. The van der Waals surface area contributed by atoms with Crippen LogP contribution in [-0.4, -0.2) is 43.8 Å². The number of carbonyl (C=O) groups excluding carboxylic acids is 2. The highest BCUT2D eigenvalue weighted by Gasteiger charge is 2.16. The lowest BCUT2D eigenvalue weighted by atomic mass is 10.3. The van der Waals surface area contributed by atoms with Crippen molar-refractivity contribution < 1.29 is 23.6 Å². The largest absolute Gasteiger partial charge is 0.497 e. The van der Waals surface area contributed by atoms with E-state index >= 15 is 0 Å². The Hall–Kier alpha value is -3.03. The number of anilines is 1. The molecular formula is C18H23N3O5. The number of nitrogens with one attached hydrogen (secondary N) is 1. The van der Waals surface area contributed by atoms with Crippen molar-refractivity contribution in [1.29, 1.82) is 0 Å². The maximum atomic E-state index is 11.9. The number of ether oxygens (including phenoxy) is 2. The van der Waals surface area contributed by atoms with Gasteiger partial charge >= 0.3 is 0 Å². The molecule has 1 heterocycles. The summed E-state index contributed by atoms with van der Waals surface area (Å²) in [7, 11) is 1.60. The molecule has 0 fully saturated rings. The highest BCUT2D eigenvalue weighted by Crippen LogP contribution is 2.17. The standard InChI is InChI=1S/C18H23N3O5/c1-13-12-17(20-26-13)21(14(2)22)10-8-18(23)19-9-11-25-16-6-4-15(24-3)5-7-16/h4-7,12H,8-11H2,1-3H3,(H,19,23). The maximum absolute atomic E-state index is 11.9. The quantitative estimate of drug-likeness (QED) is 0.686. The average molecular weight is 361 g/mol. The number of aryl methyl sites for hydroxylation is 1. The molecular weight excluding hydrogens is 338 g/mol. The van der Waals surface area contributed by atoms with E-state index in [1.165, 1.54) is 11.8 Å². The van der Waals surface area contributed by atoms with E-state index in [0.717, 1.165) is 5.75 Å². The third-order valence-corrected chi connectivity index (χ3v) is 3.59. The van der Waals surface area contributed by atoms with E-state index in [1.54, 1.807) is 44.4 Å². The van der Waals surface area contributed by atoms with E-state index < -0.39 is 0 Å². The fourth-order valence-electron chi connectivity index (χ4n) is 2.25. The molecule has 0 atom stereocenters. The molecule has 1 aromatic carbocycles. The van der Waals surface area contributed by atoms with Crippen molar-refractivity contribution >= 4 is 17.6 Å². The first-order valence-corrected chi connectivity index (χ1v) is 8.24. The van der Waals surface area contributed by atoms with Crippen LogP contribution in [0.1, 0.15) is 19.1 Å². The number of benzene rings is 1. The van der Waals surface area contributed by atoms with Crippen LogP contribution in [-0.2, 0) is 9.59 Å². The van der Waals surface area contributed by atoms with Crippen LogP contribution in [0.2, 0.25) is 0 Å². The molecule has 0 unspecified atom stereocenters. The van der Waals surface area contributed by atoms with Gasteiger partial charge in [0.2, 0.25) is 11.8 Å². The van der Waals surface area contributed by atoms with Gasteiger partial charge in [-0.3, -0.25) is 14.5 Å². The lowest BCUT2D eigenvalue weighted by Gasteiger charge is -2.17. The SMILES string of the molecule is COc1ccc(OCCNC(=O)CCN(C(C)=O)c2cc(C)on2)cc1. The molecule has 0 aliphatic heterocycles. The number of aromatic nitrogens is 1. The summed E-state index contributed by atoms with van der Waals surface area (Å²) >= 11 is 0. The highest BCUT2D eigenvalue weighted by atomic mass is 16.5. The second-order valence-electron chi connectivity index (χ2n) is 5.59. The fraction of sp³-hybridized carbons (Fsp3) is 0.389. The minimum absolute atomic E-state index is 0.161. The maximum Gasteiger partial charge on any atom is 0.225 e. The minimum Gasteiger partial charge on any atom is -0.497 e. The van der Waals surface area contributed by atoms with E-state index in [1.807, 2.05) is 0 Å². The number of rotatable bonds is 9. The lowest BCUT2D eigenvalue weighted by Crippen LogP contribution is -2.35. The van der Waals surface area contributed by atoms with Gasteiger partial charge in [-0.2, -0.15) is 0 Å². The first kappa shape index (κ1) is 19.3. The number of carbonyl (C=O) groups is 2. The van der Waals surface area contributed by atoms with Crippen LogP contribution in [0.4, 0.5) is 5.82 Å². The zero-order valence-electron chi connectivity index (χ0n) is 15.2. The lowest BCUT2D eigenvalue weighted by molar-refractivity contribution is -0.121. The van der Waals surface area contributed by atoms with Gasteiger partial charge in [0.1, 0.15) is 23.9 Å². The van der Waals surface area contributed by atoms with Gasteiger partial charge in [0.15, 0.2) is 5.82 Å². The minimum atomic E-state index is -0.200. The van der Waals surface area contributed by atoms with Crippen molar-refractivity contribution in [2.45, 2.75) is 20.3 Å². The molecule has 2 amide bonds. The van der Waals surface area contributed by atoms with Crippen molar-refractivity contribution in [3.63, 3.8) is 0 Å². The first-order valence-electron chi connectivity index (χ1n) is 8.24. The van der Waals surface area contributed by atoms with E-state index in [9.17, 15) is 9.59 Å². The van der Waals surface area contributed by atoms with Crippen LogP contribution in [0, 0.1) is 6.92 Å². The van der Waals surface area contributed by atoms with Gasteiger partial charge in [-0.1, -0.05) is 5.16 Å². The van der Waals surface area contributed by atoms with Crippen LogP contribution >= 0.6 is 0 Å². The van der Waals surface area contributed by atoms with Crippen molar-refractivity contribution in [1.82, 2.24) is 10.5 Å². The second kappa shape index (κ2) is 9.45. The Morgan fingerprint density at radius 1 is 1.23 bits per heavy atom. The molecule has 2 rings (SSSR count). The topological polar surface area (TPSA) is 93.9 Å². The summed E-state index contributed by atoms with van der Waals surface area (Å²) in [5.74, 6) is 2.09. The van der Waals surface area contributed by atoms with Crippen LogP contribution in [0.15, 0.2) is 34.9 Å². The summed E-state index contributed by atoms with van der Waals surface area (Å²) in [5.41, 5.74) is 0. The highest BCUT2D eigenvalue weighted by molar-refractivity contribution is 5.91. The van der Waals surface area contributed by atoms with E-state index in [2.05, 4.69) is 10.5 Å². The number of methoxy groups -OCH3 is 1. The summed E-state index contributed by atoms with van der Waals surface area (Å²) in [6, 6.07) is 8.85. The normalized spacial score (nSPS) is 10.3. The van der Waals surface area contributed by atoms with Crippen molar-refractivity contribution in [3.05, 3.63) is 36.1 Å². The number of nitrogens with zero attached hydrogens (tertiary/aromatic N) is 2. The van der Waals surface area contributed by atoms with Gasteiger partial charge in [-0.15, -0.1) is 0 Å². The summed E-state index contributed by atoms with van der Waals surface area (Å²) in [5, 5.41) is 6.56. The van der Waals surface area contributed by atoms with Gasteiger partial charge < -0.3 is 19.3 Å². The van der Waals surface area contributed by atoms with Gasteiger partial charge in [0.05, 0.1) is 13.7 Å². The summed E-state index contributed by atoms with van der Waals surface area (Å²) in [4.78, 5) is 25.1. The molecule has 26 heavy (non-hydrogen) atoms. The Labute approximate surface area is 152 Å². The smallest absolute Gasteiger partial charge is 0.225 e. The Balaban J connectivity index is 1.69. The average Bonchev–Trinajstić information content (AvgIpc) is 3.05. The predicted molar refractivity (Wildman–Crippen MR) is 95.4 cm³/mol. The molecule has 8 nitrogen and oxygen atoms in total. The Kier molecular flexibility index (Phi) is 7.02. The monoisotopic (exact) mass is 361 g/mol. The van der Waals surface area contributed by atoms with E-state index in [4.69, 9.17) is 14.0 Å².